The van der Waals surface area contributed by atoms with Gasteiger partial charge in [0.15, 0.2) is 0 Å². The summed E-state index contributed by atoms with van der Waals surface area (Å²) in [5.74, 6) is 2.69. The number of hydrogen-bond donors (Lipinski definition) is 1. The van der Waals surface area contributed by atoms with Crippen molar-refractivity contribution in [2.45, 2.75) is 30.2 Å². The minimum Gasteiger partial charge on any atom is -0.496 e. The van der Waals surface area contributed by atoms with Crippen LogP contribution in [0.1, 0.15) is 25.3 Å². The molecule has 3 nitrogen and oxygen atoms in total. The van der Waals surface area contributed by atoms with Crippen molar-refractivity contribution < 1.29 is 9.47 Å². The van der Waals surface area contributed by atoms with E-state index in [-0.39, 0.29) is 5.54 Å². The van der Waals surface area contributed by atoms with Gasteiger partial charge < -0.3 is 14.8 Å². The Morgan fingerprint density at radius 2 is 2.35 bits per heavy atom. The molecule has 1 aromatic rings. The summed E-state index contributed by atoms with van der Waals surface area (Å²) in [6.07, 6.45) is 2.36. The molecule has 3 rings (SSSR count). The van der Waals surface area contributed by atoms with Crippen LogP contribution in [0.4, 0.5) is 0 Å². The molecule has 0 aliphatic carbocycles. The Kier molecular flexibility index (Phi) is 2.71. The Bertz CT molecular complexity index is 441. The van der Waals surface area contributed by atoms with Gasteiger partial charge in [-0.2, -0.15) is 0 Å². The summed E-state index contributed by atoms with van der Waals surface area (Å²) in [6, 6.07) is 4.25. The smallest absolute Gasteiger partial charge is 0.138 e. The molecule has 0 spiro atoms. The molecule has 1 fully saturated rings. The Hall–Kier alpha value is -0.870. The second-order valence-corrected chi connectivity index (χ2v) is 5.73. The van der Waals surface area contributed by atoms with Crippen LogP contribution in [0.5, 0.6) is 11.5 Å². The third-order valence-electron chi connectivity index (χ3n) is 3.66. The number of fused-ring (bicyclic) bond motifs is 1. The maximum atomic E-state index is 5.62. The number of methoxy groups -OCH3 is 1. The van der Waals surface area contributed by atoms with E-state index in [1.54, 1.807) is 18.9 Å². The van der Waals surface area contributed by atoms with Gasteiger partial charge in [-0.15, -0.1) is 0 Å². The molecule has 92 valence electrons. The van der Waals surface area contributed by atoms with Crippen molar-refractivity contribution in [2.24, 2.45) is 0 Å². The zero-order chi connectivity index (χ0) is 11.9. The van der Waals surface area contributed by atoms with Gasteiger partial charge in [0.2, 0.25) is 0 Å². The van der Waals surface area contributed by atoms with Crippen LogP contribution in [-0.2, 0) is 5.54 Å². The van der Waals surface area contributed by atoms with Crippen LogP contribution in [0.3, 0.4) is 0 Å². The van der Waals surface area contributed by atoms with Gasteiger partial charge >= 0.3 is 0 Å². The fraction of sp³-hybridized carbons (Fsp3) is 0.538. The van der Waals surface area contributed by atoms with Gasteiger partial charge in [-0.05, 0) is 38.4 Å². The lowest BCUT2D eigenvalue weighted by Crippen LogP contribution is -2.33. The molecule has 1 unspecified atom stereocenters. The van der Waals surface area contributed by atoms with E-state index < -0.39 is 0 Å². The SMILES string of the molecule is COc1cc2c(cc1C1(C)CCCN1)OCS2. The van der Waals surface area contributed by atoms with E-state index >= 15 is 0 Å². The fourth-order valence-electron chi connectivity index (χ4n) is 2.65. The first-order valence-corrected chi connectivity index (χ1v) is 6.95. The summed E-state index contributed by atoms with van der Waals surface area (Å²) >= 11 is 1.72. The highest BCUT2D eigenvalue weighted by Crippen LogP contribution is 2.45. The first kappa shape index (κ1) is 11.2. The zero-order valence-electron chi connectivity index (χ0n) is 10.2. The van der Waals surface area contributed by atoms with Crippen LogP contribution in [0.2, 0.25) is 0 Å². The summed E-state index contributed by atoms with van der Waals surface area (Å²) in [5.41, 5.74) is 1.25. The largest absolute Gasteiger partial charge is 0.496 e. The Labute approximate surface area is 106 Å². The highest BCUT2D eigenvalue weighted by Gasteiger charge is 2.34. The molecule has 2 heterocycles. The number of ether oxygens (including phenoxy) is 2. The van der Waals surface area contributed by atoms with Crippen molar-refractivity contribution in [3.05, 3.63) is 17.7 Å². The van der Waals surface area contributed by atoms with Crippen LogP contribution >= 0.6 is 11.8 Å². The maximum absolute atomic E-state index is 5.62. The fourth-order valence-corrected chi connectivity index (χ4v) is 3.41. The van der Waals surface area contributed by atoms with E-state index in [1.807, 2.05) is 0 Å². The molecule has 2 aliphatic heterocycles. The third kappa shape index (κ3) is 1.79. The summed E-state index contributed by atoms with van der Waals surface area (Å²) in [5, 5.41) is 3.57. The molecule has 0 radical (unpaired) electrons. The first-order chi connectivity index (χ1) is 8.23. The van der Waals surface area contributed by atoms with Gasteiger partial charge in [-0.25, -0.2) is 0 Å². The molecule has 4 heteroatoms. The van der Waals surface area contributed by atoms with E-state index in [0.29, 0.717) is 5.94 Å². The number of benzene rings is 1. The summed E-state index contributed by atoms with van der Waals surface area (Å²) in [4.78, 5) is 1.19. The average Bonchev–Trinajstić information content (AvgIpc) is 2.95. The molecule has 2 aliphatic rings. The molecule has 1 atom stereocenters. The van der Waals surface area contributed by atoms with Crippen LogP contribution < -0.4 is 14.8 Å². The minimum atomic E-state index is 0.0248. The lowest BCUT2D eigenvalue weighted by atomic mass is 9.89. The van der Waals surface area contributed by atoms with Gasteiger partial charge in [0.1, 0.15) is 17.4 Å². The second-order valence-electron chi connectivity index (χ2n) is 4.77. The second kappa shape index (κ2) is 4.10. The van der Waals surface area contributed by atoms with Gasteiger partial charge in [0.25, 0.3) is 0 Å². The molecular weight excluding hydrogens is 234 g/mol. The predicted octanol–water partition coefficient (Wildman–Crippen LogP) is 2.74. The van der Waals surface area contributed by atoms with E-state index in [9.17, 15) is 0 Å². The summed E-state index contributed by atoms with van der Waals surface area (Å²) < 4.78 is 11.2. The van der Waals surface area contributed by atoms with Crippen LogP contribution in [-0.4, -0.2) is 19.6 Å². The number of rotatable bonds is 2. The van der Waals surface area contributed by atoms with Crippen molar-refractivity contribution in [2.75, 3.05) is 19.6 Å². The molecule has 1 saturated heterocycles. The van der Waals surface area contributed by atoms with Crippen molar-refractivity contribution in [3.8, 4) is 11.5 Å². The molecule has 1 aromatic carbocycles. The van der Waals surface area contributed by atoms with Crippen molar-refractivity contribution in [3.63, 3.8) is 0 Å². The Balaban J connectivity index is 2.08. The number of hydrogen-bond acceptors (Lipinski definition) is 4. The summed E-state index contributed by atoms with van der Waals surface area (Å²) in [6.45, 7) is 3.32. The number of thioether (sulfide) groups is 1. The van der Waals surface area contributed by atoms with Gasteiger partial charge in [-0.3, -0.25) is 0 Å². The molecule has 0 aromatic heterocycles. The molecule has 1 N–H and O–H groups in total. The van der Waals surface area contributed by atoms with E-state index in [1.165, 1.54) is 16.9 Å². The Morgan fingerprint density at radius 3 is 3.06 bits per heavy atom. The predicted molar refractivity (Wildman–Crippen MR) is 68.9 cm³/mol. The van der Waals surface area contributed by atoms with Crippen LogP contribution in [0.15, 0.2) is 17.0 Å². The average molecular weight is 251 g/mol. The lowest BCUT2D eigenvalue weighted by Gasteiger charge is -2.27. The zero-order valence-corrected chi connectivity index (χ0v) is 11.0. The topological polar surface area (TPSA) is 30.5 Å². The highest BCUT2D eigenvalue weighted by molar-refractivity contribution is 7.99. The van der Waals surface area contributed by atoms with Crippen LogP contribution in [0.25, 0.3) is 0 Å². The van der Waals surface area contributed by atoms with E-state index in [2.05, 4.69) is 24.4 Å². The van der Waals surface area contributed by atoms with Gasteiger partial charge in [-0.1, -0.05) is 11.8 Å². The quantitative estimate of drug-likeness (QED) is 0.875. The first-order valence-electron chi connectivity index (χ1n) is 5.96. The normalized spacial score (nSPS) is 26.7. The Morgan fingerprint density at radius 1 is 1.47 bits per heavy atom. The summed E-state index contributed by atoms with van der Waals surface area (Å²) in [7, 11) is 1.74. The van der Waals surface area contributed by atoms with E-state index in [0.717, 1.165) is 24.5 Å². The highest BCUT2D eigenvalue weighted by atomic mass is 32.2. The lowest BCUT2D eigenvalue weighted by molar-refractivity contribution is 0.360. The van der Waals surface area contributed by atoms with Crippen LogP contribution in [0, 0.1) is 0 Å². The molecule has 0 amide bonds. The molecule has 0 saturated carbocycles. The van der Waals surface area contributed by atoms with E-state index in [4.69, 9.17) is 9.47 Å². The van der Waals surface area contributed by atoms with Gasteiger partial charge in [0, 0.05) is 11.1 Å². The molecular formula is C13H17NO2S. The molecule has 17 heavy (non-hydrogen) atoms. The van der Waals surface area contributed by atoms with Gasteiger partial charge in [0.05, 0.1) is 12.0 Å². The van der Waals surface area contributed by atoms with Crippen molar-refractivity contribution >= 4 is 11.8 Å². The minimum absolute atomic E-state index is 0.0248. The van der Waals surface area contributed by atoms with Crippen molar-refractivity contribution in [1.82, 2.24) is 5.32 Å². The standard InChI is InChI=1S/C13H17NO2S/c1-13(4-3-5-14-13)9-6-11-12(17-8-16-11)7-10(9)15-2/h6-7,14H,3-5,8H2,1-2H3. The monoisotopic (exact) mass is 251 g/mol. The maximum Gasteiger partial charge on any atom is 0.138 e. The third-order valence-corrected chi connectivity index (χ3v) is 4.52. The molecule has 0 bridgehead atoms. The number of nitrogens with one attached hydrogen (secondary N) is 1. The van der Waals surface area contributed by atoms with Crippen molar-refractivity contribution in [1.29, 1.82) is 0 Å².